The van der Waals surface area contributed by atoms with Gasteiger partial charge in [-0.25, -0.2) is 14.4 Å². The predicted molar refractivity (Wildman–Crippen MR) is 86.8 cm³/mol. The number of hydrogen-bond donors (Lipinski definition) is 0. The summed E-state index contributed by atoms with van der Waals surface area (Å²) in [5.41, 5.74) is 2.22. The number of non-ortho nitro benzene ring substituents is 1. The van der Waals surface area contributed by atoms with Crippen LogP contribution >= 0.6 is 0 Å². The lowest BCUT2D eigenvalue weighted by atomic mass is 10.1. The molecule has 0 spiro atoms. The molecule has 1 saturated heterocycles. The molecular formula is C16H16FN5O2. The van der Waals surface area contributed by atoms with Gasteiger partial charge in [0.2, 0.25) is 5.95 Å². The summed E-state index contributed by atoms with van der Waals surface area (Å²) in [6, 6.07) is 5.30. The van der Waals surface area contributed by atoms with Crippen LogP contribution in [0, 0.1) is 15.9 Å². The summed E-state index contributed by atoms with van der Waals surface area (Å²) >= 11 is 0. The monoisotopic (exact) mass is 329 g/mol. The van der Waals surface area contributed by atoms with E-state index >= 15 is 0 Å². The lowest BCUT2D eigenvalue weighted by Gasteiger charge is -2.27. The summed E-state index contributed by atoms with van der Waals surface area (Å²) in [6.45, 7) is 2.40. The van der Waals surface area contributed by atoms with E-state index in [-0.39, 0.29) is 16.7 Å². The van der Waals surface area contributed by atoms with Crippen LogP contribution in [0.3, 0.4) is 0 Å². The zero-order chi connectivity index (χ0) is 16.7. The molecule has 1 atom stereocenters. The largest absolute Gasteiger partial charge is 0.366 e. The summed E-state index contributed by atoms with van der Waals surface area (Å²) in [5, 5.41) is 11.0. The third-order valence-corrected chi connectivity index (χ3v) is 4.63. The van der Waals surface area contributed by atoms with E-state index in [9.17, 15) is 14.5 Å². The number of halogens is 1. The van der Waals surface area contributed by atoms with Gasteiger partial charge in [-0.3, -0.25) is 10.1 Å². The molecule has 0 aliphatic carbocycles. The Kier molecular flexibility index (Phi) is 3.51. The molecule has 2 aromatic rings. The van der Waals surface area contributed by atoms with Crippen molar-refractivity contribution in [3.05, 3.63) is 52.1 Å². The number of nitro benzene ring substituents is 1. The molecule has 8 heteroatoms. The standard InChI is InChI=1S/C16H16FN5O2/c17-12-8-18-16(19-9-12)20-4-1-5-21-14(10-20)7-11-6-13(22(23)24)2-3-15(11)21/h2-3,6,8-9,14H,1,4-5,7,10H2. The third kappa shape index (κ3) is 2.53. The van der Waals surface area contributed by atoms with Crippen LogP contribution in [-0.4, -0.2) is 40.6 Å². The average Bonchev–Trinajstić information content (AvgIpc) is 2.77. The highest BCUT2D eigenvalue weighted by molar-refractivity contribution is 5.63. The molecule has 0 radical (unpaired) electrons. The molecule has 0 N–H and O–H groups in total. The highest BCUT2D eigenvalue weighted by atomic mass is 19.1. The molecule has 24 heavy (non-hydrogen) atoms. The van der Waals surface area contributed by atoms with Gasteiger partial charge in [-0.1, -0.05) is 0 Å². The van der Waals surface area contributed by atoms with E-state index in [1.807, 2.05) is 6.07 Å². The SMILES string of the molecule is O=[N+]([O-])c1ccc2c(c1)CC1CN(c3ncc(F)cn3)CCCN21. The van der Waals surface area contributed by atoms with E-state index in [1.54, 1.807) is 12.1 Å². The van der Waals surface area contributed by atoms with Crippen LogP contribution in [0.5, 0.6) is 0 Å². The Morgan fingerprint density at radius 3 is 2.79 bits per heavy atom. The summed E-state index contributed by atoms with van der Waals surface area (Å²) in [6.07, 6.45) is 4.04. The molecule has 1 aromatic heterocycles. The topological polar surface area (TPSA) is 75.4 Å². The average molecular weight is 329 g/mol. The minimum Gasteiger partial charge on any atom is -0.366 e. The second-order valence-corrected chi connectivity index (χ2v) is 6.12. The van der Waals surface area contributed by atoms with Crippen molar-refractivity contribution in [3.8, 4) is 0 Å². The molecule has 3 heterocycles. The van der Waals surface area contributed by atoms with Crippen molar-refractivity contribution in [2.75, 3.05) is 29.4 Å². The Morgan fingerprint density at radius 2 is 2.04 bits per heavy atom. The number of benzene rings is 1. The lowest BCUT2D eigenvalue weighted by molar-refractivity contribution is -0.384. The minimum atomic E-state index is -0.448. The number of fused-ring (bicyclic) bond motifs is 3. The second kappa shape index (κ2) is 5.70. The highest BCUT2D eigenvalue weighted by Gasteiger charge is 2.34. The number of hydrogen-bond acceptors (Lipinski definition) is 6. The fourth-order valence-electron chi connectivity index (χ4n) is 3.58. The first kappa shape index (κ1) is 14.8. The smallest absolute Gasteiger partial charge is 0.269 e. The van der Waals surface area contributed by atoms with Gasteiger partial charge < -0.3 is 9.80 Å². The van der Waals surface area contributed by atoms with Crippen molar-refractivity contribution in [2.24, 2.45) is 0 Å². The maximum absolute atomic E-state index is 13.0. The van der Waals surface area contributed by atoms with Gasteiger partial charge in [0.1, 0.15) is 0 Å². The van der Waals surface area contributed by atoms with Gasteiger partial charge in [-0.2, -0.15) is 0 Å². The molecule has 0 amide bonds. The summed E-state index contributed by atoms with van der Waals surface area (Å²) < 4.78 is 13.0. The Bertz CT molecular complexity index is 783. The van der Waals surface area contributed by atoms with Crippen molar-refractivity contribution in [2.45, 2.75) is 18.9 Å². The summed E-state index contributed by atoms with van der Waals surface area (Å²) in [5.74, 6) is 0.0796. The maximum atomic E-state index is 13.0. The zero-order valence-electron chi connectivity index (χ0n) is 12.9. The van der Waals surface area contributed by atoms with E-state index in [0.717, 1.165) is 37.2 Å². The van der Waals surface area contributed by atoms with Crippen LogP contribution in [0.15, 0.2) is 30.6 Å². The van der Waals surface area contributed by atoms with Gasteiger partial charge in [0.15, 0.2) is 5.82 Å². The number of anilines is 2. The van der Waals surface area contributed by atoms with E-state index in [1.165, 1.54) is 12.4 Å². The second-order valence-electron chi connectivity index (χ2n) is 6.12. The number of nitrogens with zero attached hydrogens (tertiary/aromatic N) is 5. The first-order valence-electron chi connectivity index (χ1n) is 7.88. The zero-order valence-corrected chi connectivity index (χ0v) is 12.9. The minimum absolute atomic E-state index is 0.130. The molecule has 2 aliphatic rings. The van der Waals surface area contributed by atoms with Crippen LogP contribution < -0.4 is 9.80 Å². The van der Waals surface area contributed by atoms with Crippen molar-refractivity contribution < 1.29 is 9.31 Å². The molecule has 1 fully saturated rings. The van der Waals surface area contributed by atoms with Gasteiger partial charge >= 0.3 is 0 Å². The lowest BCUT2D eigenvalue weighted by Crippen LogP contribution is -2.39. The third-order valence-electron chi connectivity index (χ3n) is 4.63. The van der Waals surface area contributed by atoms with Gasteiger partial charge in [0.05, 0.1) is 23.4 Å². The molecule has 1 unspecified atom stereocenters. The van der Waals surface area contributed by atoms with E-state index < -0.39 is 5.82 Å². The molecule has 2 aliphatic heterocycles. The van der Waals surface area contributed by atoms with E-state index in [2.05, 4.69) is 19.8 Å². The van der Waals surface area contributed by atoms with Crippen LogP contribution in [0.2, 0.25) is 0 Å². The molecule has 0 saturated carbocycles. The van der Waals surface area contributed by atoms with E-state index in [4.69, 9.17) is 0 Å². The fourth-order valence-corrected chi connectivity index (χ4v) is 3.58. The van der Waals surface area contributed by atoms with Crippen LogP contribution in [-0.2, 0) is 6.42 Å². The molecular weight excluding hydrogens is 313 g/mol. The number of nitro groups is 1. The van der Waals surface area contributed by atoms with Crippen molar-refractivity contribution in [3.63, 3.8) is 0 Å². The molecule has 4 rings (SSSR count). The molecule has 1 aromatic carbocycles. The first-order valence-corrected chi connectivity index (χ1v) is 7.88. The quantitative estimate of drug-likeness (QED) is 0.621. The predicted octanol–water partition coefficient (Wildman–Crippen LogP) is 2.17. The Labute approximate surface area is 137 Å². The van der Waals surface area contributed by atoms with Gasteiger partial charge in [0, 0.05) is 37.5 Å². The number of rotatable bonds is 2. The molecule has 0 bridgehead atoms. The van der Waals surface area contributed by atoms with Crippen LogP contribution in [0.4, 0.5) is 21.7 Å². The van der Waals surface area contributed by atoms with Crippen LogP contribution in [0.25, 0.3) is 0 Å². The van der Waals surface area contributed by atoms with Crippen LogP contribution in [0.1, 0.15) is 12.0 Å². The van der Waals surface area contributed by atoms with Crippen molar-refractivity contribution >= 4 is 17.3 Å². The molecule has 124 valence electrons. The summed E-state index contributed by atoms with van der Waals surface area (Å²) in [4.78, 5) is 23.1. The Balaban J connectivity index is 1.59. The normalized spacial score (nSPS) is 19.6. The maximum Gasteiger partial charge on any atom is 0.269 e. The fraction of sp³-hybridized carbons (Fsp3) is 0.375. The van der Waals surface area contributed by atoms with Crippen molar-refractivity contribution in [1.29, 1.82) is 0 Å². The number of aromatic nitrogens is 2. The van der Waals surface area contributed by atoms with Gasteiger partial charge in [-0.15, -0.1) is 0 Å². The van der Waals surface area contributed by atoms with Crippen molar-refractivity contribution in [1.82, 2.24) is 9.97 Å². The Hall–Kier alpha value is -2.77. The molecule has 7 nitrogen and oxygen atoms in total. The van der Waals surface area contributed by atoms with Gasteiger partial charge in [-0.05, 0) is 24.5 Å². The first-order chi connectivity index (χ1) is 11.6. The highest BCUT2D eigenvalue weighted by Crippen LogP contribution is 2.36. The van der Waals surface area contributed by atoms with E-state index in [0.29, 0.717) is 12.5 Å². The van der Waals surface area contributed by atoms with Gasteiger partial charge in [0.25, 0.3) is 5.69 Å². The Morgan fingerprint density at radius 1 is 1.25 bits per heavy atom. The summed E-state index contributed by atoms with van der Waals surface area (Å²) in [7, 11) is 0.